The van der Waals surface area contributed by atoms with E-state index in [1.165, 1.54) is 6.92 Å². The standard InChI is InChI=1S/C17H21NO3/c1-4-11(2)15-16(20)14(12(3)19)17(21)18(15)10-13-8-6-5-7-9-13/h5-9,11,15,19H,4,10H2,1-3H3/t11?,15-/m0/s1. The van der Waals surface area contributed by atoms with E-state index in [0.717, 1.165) is 12.0 Å². The first kappa shape index (κ1) is 15.3. The van der Waals surface area contributed by atoms with Gasteiger partial charge in [0.1, 0.15) is 11.3 Å². The van der Waals surface area contributed by atoms with Crippen molar-refractivity contribution >= 4 is 11.7 Å². The smallest absolute Gasteiger partial charge is 0.261 e. The van der Waals surface area contributed by atoms with Gasteiger partial charge in [-0.3, -0.25) is 9.59 Å². The van der Waals surface area contributed by atoms with Crippen molar-refractivity contribution in [3.8, 4) is 0 Å². The molecule has 1 amide bonds. The molecule has 4 nitrogen and oxygen atoms in total. The minimum atomic E-state index is -0.486. The Morgan fingerprint density at radius 3 is 2.43 bits per heavy atom. The molecule has 112 valence electrons. The molecule has 0 saturated carbocycles. The first-order valence-electron chi connectivity index (χ1n) is 7.26. The molecule has 1 saturated heterocycles. The van der Waals surface area contributed by atoms with Crippen molar-refractivity contribution in [3.63, 3.8) is 0 Å². The van der Waals surface area contributed by atoms with Crippen LogP contribution in [0.2, 0.25) is 0 Å². The van der Waals surface area contributed by atoms with Crippen molar-refractivity contribution in [1.82, 2.24) is 4.90 Å². The van der Waals surface area contributed by atoms with Crippen LogP contribution in [0, 0.1) is 5.92 Å². The molecule has 1 N–H and O–H groups in total. The summed E-state index contributed by atoms with van der Waals surface area (Å²) in [5.74, 6) is -0.754. The van der Waals surface area contributed by atoms with Crippen LogP contribution in [-0.2, 0) is 16.1 Å². The summed E-state index contributed by atoms with van der Waals surface area (Å²) in [5, 5.41) is 9.66. The number of aliphatic hydroxyl groups is 1. The molecule has 0 radical (unpaired) electrons. The molecule has 21 heavy (non-hydrogen) atoms. The molecule has 0 bridgehead atoms. The maximum absolute atomic E-state index is 12.5. The summed E-state index contributed by atoms with van der Waals surface area (Å²) in [6.45, 7) is 5.74. The number of ketones is 1. The monoisotopic (exact) mass is 287 g/mol. The highest BCUT2D eigenvalue weighted by atomic mass is 16.3. The average molecular weight is 287 g/mol. The number of rotatable bonds is 4. The third-order valence-electron chi connectivity index (χ3n) is 4.07. The largest absolute Gasteiger partial charge is 0.512 e. The molecular formula is C17H21NO3. The van der Waals surface area contributed by atoms with Crippen LogP contribution in [0.25, 0.3) is 0 Å². The van der Waals surface area contributed by atoms with Crippen molar-refractivity contribution in [2.45, 2.75) is 39.8 Å². The number of Topliss-reactive ketones (excluding diaryl/α,β-unsaturated/α-hetero) is 1. The van der Waals surface area contributed by atoms with Gasteiger partial charge in [0.2, 0.25) is 0 Å². The van der Waals surface area contributed by atoms with Gasteiger partial charge in [0.05, 0.1) is 6.04 Å². The fraction of sp³-hybridized carbons (Fsp3) is 0.412. The number of hydrogen-bond acceptors (Lipinski definition) is 3. The summed E-state index contributed by atoms with van der Waals surface area (Å²) in [5.41, 5.74) is 0.917. The van der Waals surface area contributed by atoms with Crippen LogP contribution < -0.4 is 0 Å². The maximum atomic E-state index is 12.5. The Bertz CT molecular complexity index is 573. The number of aliphatic hydroxyl groups excluding tert-OH is 1. The Kier molecular flexibility index (Phi) is 4.46. The average Bonchev–Trinajstić information content (AvgIpc) is 2.70. The fourth-order valence-electron chi connectivity index (χ4n) is 2.74. The van der Waals surface area contributed by atoms with Gasteiger partial charge in [-0.2, -0.15) is 0 Å². The molecular weight excluding hydrogens is 266 g/mol. The number of amides is 1. The number of carbonyl (C=O) groups excluding carboxylic acids is 2. The number of hydrogen-bond donors (Lipinski definition) is 1. The maximum Gasteiger partial charge on any atom is 0.261 e. The molecule has 1 aromatic carbocycles. The van der Waals surface area contributed by atoms with Gasteiger partial charge in [0.25, 0.3) is 5.91 Å². The highest BCUT2D eigenvalue weighted by Gasteiger charge is 2.46. The van der Waals surface area contributed by atoms with Crippen LogP contribution in [0.5, 0.6) is 0 Å². The minimum absolute atomic E-state index is 0.0574. The Morgan fingerprint density at radius 1 is 1.29 bits per heavy atom. The first-order valence-corrected chi connectivity index (χ1v) is 7.26. The topological polar surface area (TPSA) is 57.6 Å². The third-order valence-corrected chi connectivity index (χ3v) is 4.07. The summed E-state index contributed by atoms with van der Waals surface area (Å²) in [6.07, 6.45) is 0.798. The Hall–Kier alpha value is -2.10. The zero-order chi connectivity index (χ0) is 15.6. The van der Waals surface area contributed by atoms with Crippen LogP contribution in [0.1, 0.15) is 32.8 Å². The molecule has 1 aromatic rings. The summed E-state index contributed by atoms with van der Waals surface area (Å²) in [7, 11) is 0. The van der Waals surface area contributed by atoms with Gasteiger partial charge in [0, 0.05) is 6.54 Å². The highest BCUT2D eigenvalue weighted by Crippen LogP contribution is 2.30. The third kappa shape index (κ3) is 2.84. The van der Waals surface area contributed by atoms with Gasteiger partial charge in [-0.15, -0.1) is 0 Å². The zero-order valence-corrected chi connectivity index (χ0v) is 12.7. The van der Waals surface area contributed by atoms with Crippen molar-refractivity contribution in [2.24, 2.45) is 5.92 Å². The van der Waals surface area contributed by atoms with Crippen LogP contribution in [0.15, 0.2) is 41.7 Å². The highest BCUT2D eigenvalue weighted by molar-refractivity contribution is 6.26. The molecule has 1 fully saturated rings. The van der Waals surface area contributed by atoms with Crippen molar-refractivity contribution in [3.05, 3.63) is 47.2 Å². The lowest BCUT2D eigenvalue weighted by Crippen LogP contribution is -2.39. The van der Waals surface area contributed by atoms with Crippen molar-refractivity contribution < 1.29 is 14.7 Å². The first-order chi connectivity index (χ1) is 9.97. The number of carbonyl (C=O) groups is 2. The second-order valence-corrected chi connectivity index (χ2v) is 5.57. The van der Waals surface area contributed by atoms with Gasteiger partial charge < -0.3 is 10.0 Å². The van der Waals surface area contributed by atoms with Gasteiger partial charge in [-0.25, -0.2) is 0 Å². The molecule has 1 aliphatic rings. The molecule has 1 unspecified atom stereocenters. The second kappa shape index (κ2) is 6.12. The lowest BCUT2D eigenvalue weighted by molar-refractivity contribution is -0.129. The normalized spacial score (nSPS) is 22.6. The van der Waals surface area contributed by atoms with E-state index in [1.54, 1.807) is 4.90 Å². The van der Waals surface area contributed by atoms with E-state index in [1.807, 2.05) is 44.2 Å². The molecule has 0 aromatic heterocycles. The van der Waals surface area contributed by atoms with Crippen LogP contribution in [0.4, 0.5) is 0 Å². The molecule has 1 heterocycles. The van der Waals surface area contributed by atoms with E-state index >= 15 is 0 Å². The predicted molar refractivity (Wildman–Crippen MR) is 80.6 cm³/mol. The fourth-order valence-corrected chi connectivity index (χ4v) is 2.74. The van der Waals surface area contributed by atoms with E-state index in [2.05, 4.69) is 0 Å². The number of benzene rings is 1. The summed E-state index contributed by atoms with van der Waals surface area (Å²) in [4.78, 5) is 26.5. The quantitative estimate of drug-likeness (QED) is 0.526. The Labute approximate surface area is 125 Å². The number of likely N-dealkylation sites (tertiary alicyclic amines) is 1. The molecule has 0 aliphatic carbocycles. The van der Waals surface area contributed by atoms with Gasteiger partial charge in [-0.1, -0.05) is 50.6 Å². The summed E-state index contributed by atoms with van der Waals surface area (Å²) in [6, 6.07) is 9.10. The minimum Gasteiger partial charge on any atom is -0.512 e. The Balaban J connectivity index is 2.38. The predicted octanol–water partition coefficient (Wildman–Crippen LogP) is 2.84. The number of nitrogens with zero attached hydrogens (tertiary/aromatic N) is 1. The van der Waals surface area contributed by atoms with E-state index in [0.29, 0.717) is 6.54 Å². The van der Waals surface area contributed by atoms with Gasteiger partial charge in [-0.05, 0) is 18.4 Å². The van der Waals surface area contributed by atoms with Crippen LogP contribution >= 0.6 is 0 Å². The van der Waals surface area contributed by atoms with E-state index in [9.17, 15) is 14.7 Å². The van der Waals surface area contributed by atoms with Crippen molar-refractivity contribution in [2.75, 3.05) is 0 Å². The molecule has 2 atom stereocenters. The molecule has 2 rings (SSSR count). The Morgan fingerprint density at radius 2 is 1.90 bits per heavy atom. The lowest BCUT2D eigenvalue weighted by atomic mass is 9.94. The van der Waals surface area contributed by atoms with E-state index in [4.69, 9.17) is 0 Å². The summed E-state index contributed by atoms with van der Waals surface area (Å²) >= 11 is 0. The summed E-state index contributed by atoms with van der Waals surface area (Å²) < 4.78 is 0. The van der Waals surface area contributed by atoms with E-state index < -0.39 is 6.04 Å². The zero-order valence-electron chi connectivity index (χ0n) is 12.7. The van der Waals surface area contributed by atoms with Gasteiger partial charge >= 0.3 is 0 Å². The van der Waals surface area contributed by atoms with E-state index in [-0.39, 0.29) is 28.9 Å². The van der Waals surface area contributed by atoms with Gasteiger partial charge in [0.15, 0.2) is 5.78 Å². The number of allylic oxidation sites excluding steroid dienone is 1. The second-order valence-electron chi connectivity index (χ2n) is 5.57. The SMILES string of the molecule is CCC(C)[C@H]1C(=O)C(=C(C)O)C(=O)N1Cc1ccccc1. The lowest BCUT2D eigenvalue weighted by Gasteiger charge is -2.27. The molecule has 0 spiro atoms. The molecule has 1 aliphatic heterocycles. The van der Waals surface area contributed by atoms with Crippen LogP contribution in [-0.4, -0.2) is 27.7 Å². The van der Waals surface area contributed by atoms with Crippen molar-refractivity contribution in [1.29, 1.82) is 0 Å². The van der Waals surface area contributed by atoms with Crippen LogP contribution in [0.3, 0.4) is 0 Å². The molecule has 4 heteroatoms.